The summed E-state index contributed by atoms with van der Waals surface area (Å²) in [6.45, 7) is 6.22. The summed E-state index contributed by atoms with van der Waals surface area (Å²) in [4.78, 5) is 41.1. The molecule has 9 heteroatoms. The van der Waals surface area contributed by atoms with E-state index in [1.54, 1.807) is 39.8 Å². The van der Waals surface area contributed by atoms with E-state index in [0.717, 1.165) is 22.3 Å². The molecule has 4 rings (SSSR count). The summed E-state index contributed by atoms with van der Waals surface area (Å²) in [6, 6.07) is 15.2. The third-order valence-electron chi connectivity index (χ3n) is 6.61. The standard InChI is InChI=1S/C28H36N4O5/c1-28(2,3)37-26(34)30-24-16-32(27(35)31(4)5)15-14-23(24)29-25(33)36-17-22-20-12-8-6-10-18(20)19-11-7-9-13-21(19)22/h6-13,22-24H,14-17H2,1-5H3,(H,29,33)(H,30,34)/t23-,24+/m0/s1. The highest BCUT2D eigenvalue weighted by Crippen LogP contribution is 2.44. The number of ether oxygens (including phenoxy) is 2. The average molecular weight is 509 g/mol. The van der Waals surface area contributed by atoms with E-state index in [0.29, 0.717) is 13.0 Å². The molecule has 37 heavy (non-hydrogen) atoms. The summed E-state index contributed by atoms with van der Waals surface area (Å²) in [5, 5.41) is 5.75. The van der Waals surface area contributed by atoms with Gasteiger partial charge in [-0.2, -0.15) is 0 Å². The Morgan fingerprint density at radius 3 is 2.05 bits per heavy atom. The van der Waals surface area contributed by atoms with Crippen LogP contribution in [0.2, 0.25) is 0 Å². The summed E-state index contributed by atoms with van der Waals surface area (Å²) in [7, 11) is 3.36. The third-order valence-corrected chi connectivity index (χ3v) is 6.61. The lowest BCUT2D eigenvalue weighted by molar-refractivity contribution is 0.0449. The molecule has 1 saturated heterocycles. The van der Waals surface area contributed by atoms with Crippen LogP contribution in [0, 0.1) is 0 Å². The maximum Gasteiger partial charge on any atom is 0.408 e. The number of fused-ring (bicyclic) bond motifs is 3. The Balaban J connectivity index is 1.42. The van der Waals surface area contributed by atoms with Crippen molar-refractivity contribution < 1.29 is 23.9 Å². The number of amides is 4. The monoisotopic (exact) mass is 508 g/mol. The fourth-order valence-corrected chi connectivity index (χ4v) is 4.98. The van der Waals surface area contributed by atoms with E-state index in [4.69, 9.17) is 9.47 Å². The van der Waals surface area contributed by atoms with Crippen molar-refractivity contribution in [3.63, 3.8) is 0 Å². The van der Waals surface area contributed by atoms with Gasteiger partial charge in [0.1, 0.15) is 12.2 Å². The second-order valence-electron chi connectivity index (χ2n) is 10.7. The molecular weight excluding hydrogens is 472 g/mol. The van der Waals surface area contributed by atoms with E-state index in [1.807, 2.05) is 24.3 Å². The molecule has 2 atom stereocenters. The van der Waals surface area contributed by atoms with Crippen LogP contribution in [0.5, 0.6) is 0 Å². The number of carbonyl (C=O) groups excluding carboxylic acids is 3. The van der Waals surface area contributed by atoms with Gasteiger partial charge in [-0.15, -0.1) is 0 Å². The number of nitrogens with one attached hydrogen (secondary N) is 2. The molecule has 0 unspecified atom stereocenters. The van der Waals surface area contributed by atoms with Crippen molar-refractivity contribution in [3.8, 4) is 11.1 Å². The Hall–Kier alpha value is -3.75. The van der Waals surface area contributed by atoms with E-state index in [9.17, 15) is 14.4 Å². The normalized spacial score (nSPS) is 18.9. The molecule has 2 aliphatic rings. The number of carbonyl (C=O) groups is 3. The molecule has 1 aliphatic heterocycles. The molecule has 0 bridgehead atoms. The number of urea groups is 1. The summed E-state index contributed by atoms with van der Waals surface area (Å²) >= 11 is 0. The maximum absolute atomic E-state index is 12.9. The summed E-state index contributed by atoms with van der Waals surface area (Å²) in [6.07, 6.45) is -0.698. The van der Waals surface area contributed by atoms with E-state index in [2.05, 4.69) is 34.9 Å². The number of rotatable bonds is 4. The first-order valence-corrected chi connectivity index (χ1v) is 12.6. The fourth-order valence-electron chi connectivity index (χ4n) is 4.98. The average Bonchev–Trinajstić information content (AvgIpc) is 3.16. The first-order chi connectivity index (χ1) is 17.5. The lowest BCUT2D eigenvalue weighted by Crippen LogP contribution is -2.62. The minimum absolute atomic E-state index is 0.0478. The highest BCUT2D eigenvalue weighted by molar-refractivity contribution is 5.79. The number of alkyl carbamates (subject to hydrolysis) is 2. The molecule has 2 aromatic carbocycles. The van der Waals surface area contributed by atoms with Gasteiger partial charge in [0.25, 0.3) is 0 Å². The molecule has 1 aliphatic carbocycles. The predicted molar refractivity (Wildman–Crippen MR) is 140 cm³/mol. The molecule has 2 N–H and O–H groups in total. The minimum atomic E-state index is -0.673. The van der Waals surface area contributed by atoms with Crippen LogP contribution in [0.4, 0.5) is 14.4 Å². The SMILES string of the molecule is CN(C)C(=O)N1CC[C@H](NC(=O)OCC2c3ccccc3-c3ccccc32)[C@H](NC(=O)OC(C)(C)C)C1. The maximum atomic E-state index is 12.9. The fraction of sp³-hybridized carbons (Fsp3) is 0.464. The van der Waals surface area contributed by atoms with E-state index in [-0.39, 0.29) is 25.1 Å². The number of hydrogen-bond donors (Lipinski definition) is 2. The number of benzene rings is 2. The van der Waals surface area contributed by atoms with Crippen LogP contribution < -0.4 is 10.6 Å². The van der Waals surface area contributed by atoms with Crippen molar-refractivity contribution in [3.05, 3.63) is 59.7 Å². The first kappa shape index (κ1) is 26.3. The van der Waals surface area contributed by atoms with Crippen LogP contribution >= 0.6 is 0 Å². The first-order valence-electron chi connectivity index (χ1n) is 12.6. The van der Waals surface area contributed by atoms with Gasteiger partial charge in [-0.05, 0) is 49.4 Å². The van der Waals surface area contributed by atoms with Crippen LogP contribution in [-0.4, -0.2) is 79.5 Å². The largest absolute Gasteiger partial charge is 0.449 e. The van der Waals surface area contributed by atoms with Gasteiger partial charge in [0.15, 0.2) is 0 Å². The molecule has 0 spiro atoms. The second-order valence-corrected chi connectivity index (χ2v) is 10.7. The van der Waals surface area contributed by atoms with Gasteiger partial charge >= 0.3 is 18.2 Å². The van der Waals surface area contributed by atoms with Crippen molar-refractivity contribution in [2.45, 2.75) is 50.8 Å². The topological polar surface area (TPSA) is 100 Å². The number of likely N-dealkylation sites (tertiary alicyclic amines) is 1. The van der Waals surface area contributed by atoms with Gasteiger partial charge in [0, 0.05) is 33.1 Å². The van der Waals surface area contributed by atoms with Gasteiger partial charge in [0.2, 0.25) is 0 Å². The summed E-state index contributed by atoms with van der Waals surface area (Å²) in [5.41, 5.74) is 3.92. The Labute approximate surface area is 218 Å². The molecule has 0 radical (unpaired) electrons. The summed E-state index contributed by atoms with van der Waals surface area (Å²) in [5.74, 6) is -0.0478. The van der Waals surface area contributed by atoms with Crippen molar-refractivity contribution >= 4 is 18.2 Å². The molecular formula is C28H36N4O5. The zero-order chi connectivity index (χ0) is 26.7. The summed E-state index contributed by atoms with van der Waals surface area (Å²) < 4.78 is 11.1. The zero-order valence-corrected chi connectivity index (χ0v) is 22.1. The molecule has 0 saturated carbocycles. The Kier molecular flexibility index (Phi) is 7.61. The highest BCUT2D eigenvalue weighted by atomic mass is 16.6. The lowest BCUT2D eigenvalue weighted by atomic mass is 9.98. The van der Waals surface area contributed by atoms with Crippen molar-refractivity contribution in [1.82, 2.24) is 20.4 Å². The molecule has 0 aromatic heterocycles. The molecule has 1 heterocycles. The van der Waals surface area contributed by atoms with Crippen LogP contribution in [0.1, 0.15) is 44.2 Å². The van der Waals surface area contributed by atoms with Crippen LogP contribution in [0.25, 0.3) is 11.1 Å². The van der Waals surface area contributed by atoms with Crippen LogP contribution in [-0.2, 0) is 9.47 Å². The van der Waals surface area contributed by atoms with Crippen molar-refractivity contribution in [2.75, 3.05) is 33.8 Å². The Morgan fingerprint density at radius 1 is 0.919 bits per heavy atom. The minimum Gasteiger partial charge on any atom is -0.449 e. The number of hydrogen-bond acceptors (Lipinski definition) is 5. The van der Waals surface area contributed by atoms with Crippen molar-refractivity contribution in [2.24, 2.45) is 0 Å². The third kappa shape index (κ3) is 6.15. The van der Waals surface area contributed by atoms with Gasteiger partial charge in [0.05, 0.1) is 12.1 Å². The molecule has 9 nitrogen and oxygen atoms in total. The Bertz CT molecular complexity index is 1110. The van der Waals surface area contributed by atoms with E-state index < -0.39 is 29.9 Å². The molecule has 1 fully saturated rings. The van der Waals surface area contributed by atoms with Gasteiger partial charge in [-0.25, -0.2) is 14.4 Å². The van der Waals surface area contributed by atoms with Crippen LogP contribution in [0.3, 0.4) is 0 Å². The van der Waals surface area contributed by atoms with Gasteiger partial charge in [-0.1, -0.05) is 48.5 Å². The number of nitrogens with zero attached hydrogens (tertiary/aromatic N) is 2. The van der Waals surface area contributed by atoms with E-state index in [1.165, 1.54) is 4.90 Å². The second kappa shape index (κ2) is 10.7. The van der Waals surface area contributed by atoms with Gasteiger partial charge in [-0.3, -0.25) is 0 Å². The Morgan fingerprint density at radius 2 is 1.49 bits per heavy atom. The van der Waals surface area contributed by atoms with Crippen LogP contribution in [0.15, 0.2) is 48.5 Å². The quantitative estimate of drug-likeness (QED) is 0.646. The van der Waals surface area contributed by atoms with E-state index >= 15 is 0 Å². The number of piperidine rings is 1. The molecule has 2 aromatic rings. The molecule has 4 amide bonds. The predicted octanol–water partition coefficient (Wildman–Crippen LogP) is 4.17. The van der Waals surface area contributed by atoms with Crippen molar-refractivity contribution in [1.29, 1.82) is 0 Å². The van der Waals surface area contributed by atoms with Gasteiger partial charge < -0.3 is 29.9 Å². The highest BCUT2D eigenvalue weighted by Gasteiger charge is 2.36. The lowest BCUT2D eigenvalue weighted by Gasteiger charge is -2.39. The zero-order valence-electron chi connectivity index (χ0n) is 22.1. The molecule has 198 valence electrons. The smallest absolute Gasteiger partial charge is 0.408 e.